The van der Waals surface area contributed by atoms with Crippen molar-refractivity contribution in [2.24, 2.45) is 0 Å². The Balaban J connectivity index is 3.01. The lowest BCUT2D eigenvalue weighted by Crippen LogP contribution is -2.25. The average Bonchev–Trinajstić information content (AvgIpc) is 2.43. The molecule has 2 N–H and O–H groups in total. The Hall–Kier alpha value is -0.860. The topological polar surface area (TPSA) is 40.5 Å². The number of aliphatic hydroxyl groups excluding tert-OH is 2. The van der Waals surface area contributed by atoms with E-state index in [0.717, 1.165) is 19.3 Å². The predicted molar refractivity (Wildman–Crippen MR) is 80.5 cm³/mol. The summed E-state index contributed by atoms with van der Waals surface area (Å²) < 4.78 is 0. The standard InChI is InChI=1S/C17H28O2/c1-5-13-8-9-14(6-2)16(10-13)15(7-3)11-17(19)12(4)18/h8-10,12,15,17-19H,5-7,11H2,1-4H3. The highest BCUT2D eigenvalue weighted by atomic mass is 16.3. The van der Waals surface area contributed by atoms with Crippen molar-refractivity contribution in [3.8, 4) is 0 Å². The molecule has 0 heterocycles. The molecular weight excluding hydrogens is 236 g/mol. The lowest BCUT2D eigenvalue weighted by Gasteiger charge is -2.24. The minimum Gasteiger partial charge on any atom is -0.391 e. The largest absolute Gasteiger partial charge is 0.391 e. The molecule has 2 nitrogen and oxygen atoms in total. The van der Waals surface area contributed by atoms with Crippen molar-refractivity contribution >= 4 is 0 Å². The van der Waals surface area contributed by atoms with E-state index in [-0.39, 0.29) is 0 Å². The summed E-state index contributed by atoms with van der Waals surface area (Å²) in [7, 11) is 0. The van der Waals surface area contributed by atoms with Gasteiger partial charge in [0.2, 0.25) is 0 Å². The Morgan fingerprint density at radius 3 is 2.21 bits per heavy atom. The Bertz CT molecular complexity index is 385. The maximum Gasteiger partial charge on any atom is 0.0802 e. The van der Waals surface area contributed by atoms with Gasteiger partial charge in [-0.25, -0.2) is 0 Å². The summed E-state index contributed by atoms with van der Waals surface area (Å²) in [6.07, 6.45) is 2.37. The molecule has 0 radical (unpaired) electrons. The van der Waals surface area contributed by atoms with E-state index in [1.165, 1.54) is 16.7 Å². The molecule has 3 unspecified atom stereocenters. The third-order valence-corrected chi connectivity index (χ3v) is 4.01. The molecule has 19 heavy (non-hydrogen) atoms. The van der Waals surface area contributed by atoms with Crippen molar-refractivity contribution in [1.82, 2.24) is 0 Å². The molecule has 0 amide bonds. The summed E-state index contributed by atoms with van der Waals surface area (Å²) in [4.78, 5) is 0. The maximum atomic E-state index is 9.93. The lowest BCUT2D eigenvalue weighted by atomic mass is 9.85. The van der Waals surface area contributed by atoms with E-state index in [4.69, 9.17) is 0 Å². The molecule has 0 fully saturated rings. The number of aliphatic hydroxyl groups is 2. The molecule has 0 saturated heterocycles. The third-order valence-electron chi connectivity index (χ3n) is 4.01. The highest BCUT2D eigenvalue weighted by molar-refractivity contribution is 5.35. The van der Waals surface area contributed by atoms with Crippen LogP contribution in [-0.4, -0.2) is 22.4 Å². The molecule has 0 saturated carbocycles. The fourth-order valence-corrected chi connectivity index (χ4v) is 2.57. The molecule has 3 atom stereocenters. The average molecular weight is 264 g/mol. The smallest absolute Gasteiger partial charge is 0.0802 e. The minimum absolute atomic E-state index is 0.325. The van der Waals surface area contributed by atoms with Crippen LogP contribution in [0.4, 0.5) is 0 Å². The van der Waals surface area contributed by atoms with Gasteiger partial charge in [0.25, 0.3) is 0 Å². The Morgan fingerprint density at radius 1 is 1.05 bits per heavy atom. The number of hydrogen-bond acceptors (Lipinski definition) is 2. The van der Waals surface area contributed by atoms with Crippen molar-refractivity contribution in [2.75, 3.05) is 0 Å². The van der Waals surface area contributed by atoms with Crippen LogP contribution in [0.1, 0.15) is 63.1 Å². The van der Waals surface area contributed by atoms with E-state index < -0.39 is 12.2 Å². The lowest BCUT2D eigenvalue weighted by molar-refractivity contribution is 0.0214. The van der Waals surface area contributed by atoms with E-state index in [0.29, 0.717) is 12.3 Å². The monoisotopic (exact) mass is 264 g/mol. The first-order valence-electron chi connectivity index (χ1n) is 7.51. The Labute approximate surface area is 117 Å². The van der Waals surface area contributed by atoms with E-state index in [2.05, 4.69) is 39.0 Å². The molecular formula is C17H28O2. The molecule has 2 heteroatoms. The molecule has 0 aliphatic heterocycles. The van der Waals surface area contributed by atoms with Gasteiger partial charge < -0.3 is 10.2 Å². The van der Waals surface area contributed by atoms with Gasteiger partial charge in [0.05, 0.1) is 12.2 Å². The SMILES string of the molecule is CCc1ccc(CC)c(C(CC)CC(O)C(C)O)c1. The van der Waals surface area contributed by atoms with Crippen molar-refractivity contribution in [3.63, 3.8) is 0 Å². The van der Waals surface area contributed by atoms with Crippen LogP contribution in [0.2, 0.25) is 0 Å². The van der Waals surface area contributed by atoms with Crippen LogP contribution in [0.3, 0.4) is 0 Å². The summed E-state index contributed by atoms with van der Waals surface area (Å²) in [5, 5.41) is 19.4. The van der Waals surface area contributed by atoms with Crippen LogP contribution >= 0.6 is 0 Å². The minimum atomic E-state index is -0.659. The van der Waals surface area contributed by atoms with E-state index in [1.54, 1.807) is 6.92 Å². The van der Waals surface area contributed by atoms with Crippen molar-refractivity contribution in [2.45, 2.75) is 71.5 Å². The first kappa shape index (κ1) is 16.2. The number of aryl methyl sites for hydroxylation is 2. The zero-order chi connectivity index (χ0) is 14.4. The first-order chi connectivity index (χ1) is 9.03. The molecule has 108 valence electrons. The van der Waals surface area contributed by atoms with Gasteiger partial charge in [-0.05, 0) is 55.2 Å². The first-order valence-corrected chi connectivity index (χ1v) is 7.51. The van der Waals surface area contributed by atoms with Gasteiger partial charge in [0.1, 0.15) is 0 Å². The van der Waals surface area contributed by atoms with Gasteiger partial charge in [0.15, 0.2) is 0 Å². The van der Waals surface area contributed by atoms with Gasteiger partial charge in [0, 0.05) is 0 Å². The number of hydrogen-bond donors (Lipinski definition) is 2. The highest BCUT2D eigenvalue weighted by Crippen LogP contribution is 2.30. The van der Waals surface area contributed by atoms with E-state index in [9.17, 15) is 10.2 Å². The van der Waals surface area contributed by atoms with Crippen LogP contribution in [0.15, 0.2) is 18.2 Å². The van der Waals surface area contributed by atoms with Crippen molar-refractivity contribution in [3.05, 3.63) is 34.9 Å². The Morgan fingerprint density at radius 2 is 1.74 bits per heavy atom. The van der Waals surface area contributed by atoms with Crippen molar-refractivity contribution < 1.29 is 10.2 Å². The summed E-state index contributed by atoms with van der Waals surface area (Å²) in [5.74, 6) is 0.325. The quantitative estimate of drug-likeness (QED) is 0.792. The molecule has 1 aromatic rings. The summed E-state index contributed by atoms with van der Waals surface area (Å²) in [6, 6.07) is 6.69. The predicted octanol–water partition coefficient (Wildman–Crippen LogP) is 3.44. The zero-order valence-corrected chi connectivity index (χ0v) is 12.7. The fraction of sp³-hybridized carbons (Fsp3) is 0.647. The second kappa shape index (κ2) is 7.66. The van der Waals surface area contributed by atoms with Crippen molar-refractivity contribution in [1.29, 1.82) is 0 Å². The number of benzene rings is 1. The molecule has 0 spiro atoms. The summed E-state index contributed by atoms with van der Waals surface area (Å²) in [5.41, 5.74) is 4.06. The normalized spacial score (nSPS) is 16.1. The molecule has 0 aliphatic carbocycles. The zero-order valence-electron chi connectivity index (χ0n) is 12.7. The van der Waals surface area contributed by atoms with Crippen LogP contribution in [0, 0.1) is 0 Å². The second-order valence-corrected chi connectivity index (χ2v) is 5.39. The molecule has 0 aliphatic rings. The van der Waals surface area contributed by atoms with Gasteiger partial charge >= 0.3 is 0 Å². The molecule has 0 aromatic heterocycles. The van der Waals surface area contributed by atoms with Crippen LogP contribution in [0.5, 0.6) is 0 Å². The van der Waals surface area contributed by atoms with Crippen LogP contribution < -0.4 is 0 Å². The van der Waals surface area contributed by atoms with Gasteiger partial charge in [-0.15, -0.1) is 0 Å². The molecule has 1 rings (SSSR count). The van der Waals surface area contributed by atoms with Crippen LogP contribution in [0.25, 0.3) is 0 Å². The summed E-state index contributed by atoms with van der Waals surface area (Å²) in [6.45, 7) is 8.14. The summed E-state index contributed by atoms with van der Waals surface area (Å²) >= 11 is 0. The van der Waals surface area contributed by atoms with E-state index in [1.807, 2.05) is 0 Å². The fourth-order valence-electron chi connectivity index (χ4n) is 2.57. The van der Waals surface area contributed by atoms with Gasteiger partial charge in [-0.3, -0.25) is 0 Å². The van der Waals surface area contributed by atoms with Crippen LogP contribution in [-0.2, 0) is 12.8 Å². The third kappa shape index (κ3) is 4.32. The van der Waals surface area contributed by atoms with E-state index >= 15 is 0 Å². The molecule has 1 aromatic carbocycles. The maximum absolute atomic E-state index is 9.93. The molecule has 0 bridgehead atoms. The Kier molecular flexibility index (Phi) is 6.53. The number of rotatable bonds is 7. The van der Waals surface area contributed by atoms with Gasteiger partial charge in [-0.1, -0.05) is 39.0 Å². The second-order valence-electron chi connectivity index (χ2n) is 5.39. The highest BCUT2D eigenvalue weighted by Gasteiger charge is 2.20. The van der Waals surface area contributed by atoms with Gasteiger partial charge in [-0.2, -0.15) is 0 Å².